The minimum absolute atomic E-state index is 0.0460. The number of amides is 1. The summed E-state index contributed by atoms with van der Waals surface area (Å²) in [5.74, 6) is -0.0811. The molecule has 0 unspecified atom stereocenters. The molecule has 1 aromatic rings. The first-order valence-electron chi connectivity index (χ1n) is 5.68. The molecule has 1 aliphatic carbocycles. The number of nitrogens with one attached hydrogen (secondary N) is 1. The number of rotatable bonds is 5. The first-order chi connectivity index (χ1) is 8.13. The molecule has 0 radical (unpaired) electrons. The molecular formula is C11H15N3O3. The zero-order chi connectivity index (χ0) is 12.3. The van der Waals surface area contributed by atoms with Crippen LogP contribution in [0.1, 0.15) is 25.7 Å². The van der Waals surface area contributed by atoms with E-state index < -0.39 is 5.97 Å². The Labute approximate surface area is 98.6 Å². The molecule has 0 aliphatic heterocycles. The lowest BCUT2D eigenvalue weighted by Crippen LogP contribution is -2.21. The van der Waals surface area contributed by atoms with Gasteiger partial charge in [0, 0.05) is 18.7 Å². The van der Waals surface area contributed by atoms with Crippen molar-refractivity contribution in [1.82, 2.24) is 9.78 Å². The Balaban J connectivity index is 1.83. The molecule has 1 heterocycles. The zero-order valence-corrected chi connectivity index (χ0v) is 9.43. The number of carboxylic acids is 1. The molecule has 1 amide bonds. The molecule has 1 aliphatic rings. The maximum absolute atomic E-state index is 11.6. The number of aliphatic carboxylic acids is 1. The normalized spacial score (nSPS) is 15.3. The number of hydrogen-bond acceptors (Lipinski definition) is 3. The van der Waals surface area contributed by atoms with Crippen molar-refractivity contribution in [2.45, 2.75) is 32.2 Å². The topological polar surface area (TPSA) is 84.2 Å². The molecule has 17 heavy (non-hydrogen) atoms. The van der Waals surface area contributed by atoms with Crippen molar-refractivity contribution in [1.29, 1.82) is 0 Å². The van der Waals surface area contributed by atoms with E-state index in [-0.39, 0.29) is 12.5 Å². The van der Waals surface area contributed by atoms with E-state index in [1.54, 1.807) is 6.07 Å². The summed E-state index contributed by atoms with van der Waals surface area (Å²) in [5.41, 5.74) is 0. The van der Waals surface area contributed by atoms with Crippen molar-refractivity contribution < 1.29 is 14.7 Å². The molecule has 0 bridgehead atoms. The van der Waals surface area contributed by atoms with Crippen LogP contribution in [0, 0.1) is 5.92 Å². The molecular weight excluding hydrogens is 222 g/mol. The van der Waals surface area contributed by atoms with E-state index in [0.717, 1.165) is 12.8 Å². The number of carbonyl (C=O) groups is 2. The standard InChI is InChI=1S/C11H15N3O3/c15-10(6-8-2-1-3-8)12-9-4-5-14(13-9)7-11(16)17/h4-5,8H,1-3,6-7H2,(H,16,17)(H,12,13,15). The summed E-state index contributed by atoms with van der Waals surface area (Å²) in [6.07, 6.45) is 5.53. The second kappa shape index (κ2) is 4.99. The number of hydrogen-bond donors (Lipinski definition) is 2. The maximum Gasteiger partial charge on any atom is 0.325 e. The molecule has 1 saturated carbocycles. The molecule has 0 atom stereocenters. The summed E-state index contributed by atoms with van der Waals surface area (Å²) in [6, 6.07) is 1.60. The van der Waals surface area contributed by atoms with Crippen molar-refractivity contribution in [2.24, 2.45) is 5.92 Å². The van der Waals surface area contributed by atoms with Gasteiger partial charge >= 0.3 is 5.97 Å². The molecule has 1 fully saturated rings. The quantitative estimate of drug-likeness (QED) is 0.803. The molecule has 0 aromatic carbocycles. The second-order valence-electron chi connectivity index (χ2n) is 4.34. The van der Waals surface area contributed by atoms with Gasteiger partial charge in [-0.2, -0.15) is 5.10 Å². The van der Waals surface area contributed by atoms with Crippen LogP contribution in [-0.4, -0.2) is 26.8 Å². The number of aromatic nitrogens is 2. The number of carboxylic acid groups (broad SMARTS) is 1. The molecule has 6 heteroatoms. The first-order valence-corrected chi connectivity index (χ1v) is 5.68. The van der Waals surface area contributed by atoms with Gasteiger partial charge in [-0.1, -0.05) is 6.42 Å². The number of nitrogens with zero attached hydrogens (tertiary/aromatic N) is 2. The molecule has 6 nitrogen and oxygen atoms in total. The third-order valence-electron chi connectivity index (χ3n) is 2.90. The lowest BCUT2D eigenvalue weighted by atomic mass is 9.83. The SMILES string of the molecule is O=C(O)Cn1ccc(NC(=O)CC2CCC2)n1. The van der Waals surface area contributed by atoms with Gasteiger partial charge in [0.25, 0.3) is 0 Å². The van der Waals surface area contributed by atoms with Crippen LogP contribution in [0.2, 0.25) is 0 Å². The van der Waals surface area contributed by atoms with E-state index in [1.807, 2.05) is 0 Å². The number of anilines is 1. The highest BCUT2D eigenvalue weighted by atomic mass is 16.4. The Morgan fingerprint density at radius 3 is 2.88 bits per heavy atom. The van der Waals surface area contributed by atoms with Gasteiger partial charge in [0.1, 0.15) is 6.54 Å². The molecule has 2 rings (SSSR count). The molecule has 1 aromatic heterocycles. The zero-order valence-electron chi connectivity index (χ0n) is 9.43. The fraction of sp³-hybridized carbons (Fsp3) is 0.545. The van der Waals surface area contributed by atoms with Crippen LogP contribution < -0.4 is 5.32 Å². The summed E-state index contributed by atoms with van der Waals surface area (Å²) >= 11 is 0. The second-order valence-corrected chi connectivity index (χ2v) is 4.34. The molecule has 92 valence electrons. The summed E-state index contributed by atoms with van der Waals surface area (Å²) in [6.45, 7) is -0.196. The van der Waals surface area contributed by atoms with Crippen LogP contribution in [0.15, 0.2) is 12.3 Å². The largest absolute Gasteiger partial charge is 0.480 e. The van der Waals surface area contributed by atoms with Crippen LogP contribution in [0.25, 0.3) is 0 Å². The molecule has 0 saturated heterocycles. The summed E-state index contributed by atoms with van der Waals surface area (Å²) in [5, 5.41) is 15.2. The van der Waals surface area contributed by atoms with Gasteiger partial charge in [-0.05, 0) is 18.8 Å². The third kappa shape index (κ3) is 3.30. The summed E-state index contributed by atoms with van der Waals surface area (Å²) in [7, 11) is 0. The summed E-state index contributed by atoms with van der Waals surface area (Å²) in [4.78, 5) is 22.0. The van der Waals surface area contributed by atoms with Gasteiger partial charge in [-0.25, -0.2) is 0 Å². The Kier molecular flexibility index (Phi) is 3.41. The van der Waals surface area contributed by atoms with Gasteiger partial charge in [0.05, 0.1) is 0 Å². The van der Waals surface area contributed by atoms with Crippen molar-refractivity contribution >= 4 is 17.7 Å². The molecule has 0 spiro atoms. The van der Waals surface area contributed by atoms with E-state index in [1.165, 1.54) is 17.3 Å². The maximum atomic E-state index is 11.6. The number of carbonyl (C=O) groups excluding carboxylic acids is 1. The Morgan fingerprint density at radius 1 is 1.53 bits per heavy atom. The lowest BCUT2D eigenvalue weighted by molar-refractivity contribution is -0.137. The third-order valence-corrected chi connectivity index (χ3v) is 2.90. The average Bonchev–Trinajstić information content (AvgIpc) is 2.58. The van der Waals surface area contributed by atoms with Crippen molar-refractivity contribution in [3.05, 3.63) is 12.3 Å². The minimum atomic E-state index is -0.958. The van der Waals surface area contributed by atoms with Gasteiger partial charge in [-0.3, -0.25) is 14.3 Å². The van der Waals surface area contributed by atoms with E-state index in [2.05, 4.69) is 10.4 Å². The van der Waals surface area contributed by atoms with E-state index in [0.29, 0.717) is 18.2 Å². The van der Waals surface area contributed by atoms with Gasteiger partial charge in [0.2, 0.25) is 5.91 Å². The Hall–Kier alpha value is -1.85. The first kappa shape index (κ1) is 11.6. The minimum Gasteiger partial charge on any atom is -0.480 e. The van der Waals surface area contributed by atoms with Crippen molar-refractivity contribution in [3.63, 3.8) is 0 Å². The smallest absolute Gasteiger partial charge is 0.325 e. The van der Waals surface area contributed by atoms with Crippen molar-refractivity contribution in [3.8, 4) is 0 Å². The Bertz CT molecular complexity index is 423. The fourth-order valence-electron chi connectivity index (χ4n) is 1.81. The van der Waals surface area contributed by atoms with Gasteiger partial charge in [-0.15, -0.1) is 0 Å². The van der Waals surface area contributed by atoms with Crippen molar-refractivity contribution in [2.75, 3.05) is 5.32 Å². The highest BCUT2D eigenvalue weighted by Crippen LogP contribution is 2.29. The van der Waals surface area contributed by atoms with Crippen LogP contribution in [0.5, 0.6) is 0 Å². The van der Waals surface area contributed by atoms with Gasteiger partial charge < -0.3 is 10.4 Å². The highest BCUT2D eigenvalue weighted by molar-refractivity contribution is 5.89. The average molecular weight is 237 g/mol. The highest BCUT2D eigenvalue weighted by Gasteiger charge is 2.20. The lowest BCUT2D eigenvalue weighted by Gasteiger charge is -2.24. The fourth-order valence-corrected chi connectivity index (χ4v) is 1.81. The Morgan fingerprint density at radius 2 is 2.29 bits per heavy atom. The van der Waals surface area contributed by atoms with E-state index >= 15 is 0 Å². The monoisotopic (exact) mass is 237 g/mol. The van der Waals surface area contributed by atoms with E-state index in [9.17, 15) is 9.59 Å². The molecule has 2 N–H and O–H groups in total. The van der Waals surface area contributed by atoms with Crippen LogP contribution in [-0.2, 0) is 16.1 Å². The predicted molar refractivity (Wildman–Crippen MR) is 60.5 cm³/mol. The van der Waals surface area contributed by atoms with Crippen LogP contribution >= 0.6 is 0 Å². The van der Waals surface area contributed by atoms with E-state index in [4.69, 9.17) is 5.11 Å². The van der Waals surface area contributed by atoms with Gasteiger partial charge in [0.15, 0.2) is 5.82 Å². The predicted octanol–water partition coefficient (Wildman–Crippen LogP) is 1.10. The van der Waals surface area contributed by atoms with Crippen LogP contribution in [0.3, 0.4) is 0 Å². The van der Waals surface area contributed by atoms with Crippen LogP contribution in [0.4, 0.5) is 5.82 Å². The summed E-state index contributed by atoms with van der Waals surface area (Å²) < 4.78 is 1.28.